The lowest BCUT2D eigenvalue weighted by atomic mass is 9.70. The van der Waals surface area contributed by atoms with Gasteiger partial charge in [0.2, 0.25) is 0 Å². The molecule has 0 aliphatic heterocycles. The number of hydrogen-bond acceptors (Lipinski definition) is 1. The minimum Gasteiger partial charge on any atom is -0.135 e. The van der Waals surface area contributed by atoms with Gasteiger partial charge in [-0.05, 0) is 79.9 Å². The van der Waals surface area contributed by atoms with E-state index in [1.807, 2.05) is 11.3 Å². The van der Waals surface area contributed by atoms with Crippen LogP contribution in [0, 0.1) is 0 Å². The van der Waals surface area contributed by atoms with E-state index in [1.54, 1.807) is 0 Å². The maximum atomic E-state index is 3.64. The topological polar surface area (TPSA) is 0 Å². The van der Waals surface area contributed by atoms with E-state index in [0.717, 1.165) is 4.47 Å². The van der Waals surface area contributed by atoms with Gasteiger partial charge in [-0.3, -0.25) is 0 Å². The Kier molecular flexibility index (Phi) is 4.37. The summed E-state index contributed by atoms with van der Waals surface area (Å²) < 4.78 is 3.78. The average molecular weight is 578 g/mol. The molecule has 0 amide bonds. The first-order valence-electron chi connectivity index (χ1n) is 13.3. The largest absolute Gasteiger partial charge is 0.135 e. The molecule has 39 heavy (non-hydrogen) atoms. The molecule has 0 unspecified atom stereocenters. The fraction of sp³-hybridized carbons (Fsp3) is 0.0270. The number of hydrogen-bond donors (Lipinski definition) is 0. The Morgan fingerprint density at radius 3 is 1.56 bits per heavy atom. The Morgan fingerprint density at radius 1 is 0.436 bits per heavy atom. The first kappa shape index (κ1) is 21.9. The Hall–Kier alpha value is -3.98. The second kappa shape index (κ2) is 7.79. The van der Waals surface area contributed by atoms with Crippen LogP contribution in [-0.4, -0.2) is 0 Å². The van der Waals surface area contributed by atoms with Crippen LogP contribution in [0.5, 0.6) is 0 Å². The molecule has 2 heteroatoms. The number of rotatable bonds is 1. The summed E-state index contributed by atoms with van der Waals surface area (Å²) in [7, 11) is 0. The molecule has 2 aliphatic rings. The van der Waals surface area contributed by atoms with E-state index >= 15 is 0 Å². The van der Waals surface area contributed by atoms with Crippen molar-refractivity contribution in [3.8, 4) is 33.4 Å². The summed E-state index contributed by atoms with van der Waals surface area (Å²) in [5.74, 6) is 0. The van der Waals surface area contributed by atoms with Gasteiger partial charge in [0.25, 0.3) is 0 Å². The molecule has 1 aromatic heterocycles. The summed E-state index contributed by atoms with van der Waals surface area (Å²) in [6, 6.07) is 47.7. The highest BCUT2D eigenvalue weighted by Gasteiger charge is 2.51. The first-order chi connectivity index (χ1) is 19.2. The van der Waals surface area contributed by atoms with Gasteiger partial charge < -0.3 is 0 Å². The highest BCUT2D eigenvalue weighted by molar-refractivity contribution is 9.10. The van der Waals surface area contributed by atoms with Crippen molar-refractivity contribution in [2.45, 2.75) is 5.41 Å². The molecule has 0 saturated carbocycles. The van der Waals surface area contributed by atoms with Gasteiger partial charge in [-0.2, -0.15) is 0 Å². The third-order valence-corrected chi connectivity index (χ3v) is 10.4. The van der Waals surface area contributed by atoms with E-state index in [9.17, 15) is 0 Å². The van der Waals surface area contributed by atoms with Crippen molar-refractivity contribution < 1.29 is 0 Å². The molecule has 0 N–H and O–H groups in total. The third-order valence-electron chi connectivity index (χ3n) is 8.77. The Balaban J connectivity index is 1.33. The van der Waals surface area contributed by atoms with Crippen molar-refractivity contribution in [3.05, 3.63) is 154 Å². The average Bonchev–Trinajstić information content (AvgIpc) is 3.60. The summed E-state index contributed by atoms with van der Waals surface area (Å²) in [5, 5.41) is 2.65. The summed E-state index contributed by atoms with van der Waals surface area (Å²) >= 11 is 5.51. The molecule has 0 bridgehead atoms. The Labute approximate surface area is 239 Å². The number of thiophene rings is 1. The maximum Gasteiger partial charge on any atom is 0.0725 e. The second-order valence-electron chi connectivity index (χ2n) is 10.6. The fourth-order valence-electron chi connectivity index (χ4n) is 7.20. The second-order valence-corrected chi connectivity index (χ2v) is 12.6. The summed E-state index contributed by atoms with van der Waals surface area (Å²) in [5.41, 5.74) is 13.2. The summed E-state index contributed by atoms with van der Waals surface area (Å²) in [4.78, 5) is 0. The molecular weight excluding hydrogens is 556 g/mol. The smallest absolute Gasteiger partial charge is 0.0725 e. The van der Waals surface area contributed by atoms with Gasteiger partial charge in [-0.25, -0.2) is 0 Å². The van der Waals surface area contributed by atoms with Crippen LogP contribution < -0.4 is 0 Å². The molecule has 0 radical (unpaired) electrons. The zero-order valence-electron chi connectivity index (χ0n) is 20.9. The van der Waals surface area contributed by atoms with Crippen LogP contribution in [0.4, 0.5) is 0 Å². The van der Waals surface area contributed by atoms with Gasteiger partial charge in [0.05, 0.1) is 5.41 Å². The van der Waals surface area contributed by atoms with Gasteiger partial charge in [-0.15, -0.1) is 11.3 Å². The molecule has 0 fully saturated rings. The van der Waals surface area contributed by atoms with E-state index in [1.165, 1.54) is 75.8 Å². The zero-order valence-corrected chi connectivity index (χ0v) is 23.3. The van der Waals surface area contributed by atoms with Crippen LogP contribution >= 0.6 is 27.3 Å². The minimum absolute atomic E-state index is 0.302. The maximum absolute atomic E-state index is 3.64. The Bertz CT molecular complexity index is 2080. The van der Waals surface area contributed by atoms with Crippen molar-refractivity contribution in [1.82, 2.24) is 0 Å². The van der Waals surface area contributed by atoms with Crippen molar-refractivity contribution in [2.24, 2.45) is 0 Å². The van der Waals surface area contributed by atoms with Crippen LogP contribution in [-0.2, 0) is 5.41 Å². The quantitative estimate of drug-likeness (QED) is 0.182. The van der Waals surface area contributed by atoms with Crippen molar-refractivity contribution in [2.75, 3.05) is 0 Å². The first-order valence-corrected chi connectivity index (χ1v) is 14.9. The lowest BCUT2D eigenvalue weighted by Crippen LogP contribution is -2.25. The van der Waals surface area contributed by atoms with Gasteiger partial charge in [0.1, 0.15) is 0 Å². The predicted molar refractivity (Wildman–Crippen MR) is 169 cm³/mol. The molecule has 2 aliphatic carbocycles. The third kappa shape index (κ3) is 2.78. The molecule has 0 nitrogen and oxygen atoms in total. The van der Waals surface area contributed by atoms with Crippen molar-refractivity contribution >= 4 is 47.4 Å². The molecule has 9 rings (SSSR count). The van der Waals surface area contributed by atoms with Gasteiger partial charge in [-0.1, -0.05) is 119 Å². The van der Waals surface area contributed by atoms with Gasteiger partial charge in [0, 0.05) is 24.6 Å². The lowest BCUT2D eigenvalue weighted by molar-refractivity contribution is 0.794. The molecular formula is C37H21BrS. The van der Waals surface area contributed by atoms with Crippen LogP contribution in [0.15, 0.2) is 132 Å². The zero-order chi connectivity index (χ0) is 25.7. The standard InChI is InChI=1S/C37H21BrS/c38-24-15-18-30-29-17-14-23(20-35(29)39-36(30)21-24)22-13-16-28-27-9-3-6-12-33(27)37(34(28)19-22)31-10-4-1-7-25(31)26-8-2-5-11-32(26)37/h1-21H. The number of fused-ring (bicyclic) bond motifs is 13. The van der Waals surface area contributed by atoms with E-state index in [4.69, 9.17) is 0 Å². The highest BCUT2D eigenvalue weighted by atomic mass is 79.9. The lowest BCUT2D eigenvalue weighted by Gasteiger charge is -2.30. The SMILES string of the molecule is Brc1ccc2c(c1)sc1cc(-c3ccc4c(c3)C3(c5ccccc5-c5ccccc53)c3ccccc3-4)ccc12. The molecule has 0 atom stereocenters. The monoisotopic (exact) mass is 576 g/mol. The summed E-state index contributed by atoms with van der Waals surface area (Å²) in [6.07, 6.45) is 0. The summed E-state index contributed by atoms with van der Waals surface area (Å²) in [6.45, 7) is 0. The minimum atomic E-state index is -0.302. The molecule has 0 saturated heterocycles. The van der Waals surface area contributed by atoms with E-state index in [0.29, 0.717) is 0 Å². The van der Waals surface area contributed by atoms with Crippen LogP contribution in [0.3, 0.4) is 0 Å². The molecule has 1 heterocycles. The van der Waals surface area contributed by atoms with Crippen molar-refractivity contribution in [3.63, 3.8) is 0 Å². The van der Waals surface area contributed by atoms with Crippen LogP contribution in [0.25, 0.3) is 53.6 Å². The highest BCUT2D eigenvalue weighted by Crippen LogP contribution is 2.63. The molecule has 182 valence electrons. The van der Waals surface area contributed by atoms with Gasteiger partial charge in [0.15, 0.2) is 0 Å². The van der Waals surface area contributed by atoms with E-state index in [-0.39, 0.29) is 5.41 Å². The molecule has 7 aromatic rings. The van der Waals surface area contributed by atoms with E-state index in [2.05, 4.69) is 143 Å². The normalized spacial score (nSPS) is 14.0. The van der Waals surface area contributed by atoms with E-state index < -0.39 is 0 Å². The van der Waals surface area contributed by atoms with Crippen LogP contribution in [0.2, 0.25) is 0 Å². The predicted octanol–water partition coefficient (Wildman–Crippen LogP) is 10.8. The van der Waals surface area contributed by atoms with Gasteiger partial charge >= 0.3 is 0 Å². The Morgan fingerprint density at radius 2 is 0.923 bits per heavy atom. The number of benzene rings is 6. The van der Waals surface area contributed by atoms with Crippen LogP contribution in [0.1, 0.15) is 22.3 Å². The molecule has 1 spiro atoms. The fourth-order valence-corrected chi connectivity index (χ4v) is 8.90. The number of halogens is 1. The van der Waals surface area contributed by atoms with Crippen molar-refractivity contribution in [1.29, 1.82) is 0 Å². The molecule has 6 aromatic carbocycles.